The monoisotopic (exact) mass is 392 g/mol. The number of aromatic hydroxyl groups is 2. The van der Waals surface area contributed by atoms with Crippen molar-refractivity contribution in [3.05, 3.63) is 42.2 Å². The van der Waals surface area contributed by atoms with E-state index in [-0.39, 0.29) is 17.6 Å². The molecule has 1 saturated carbocycles. The van der Waals surface area contributed by atoms with Crippen molar-refractivity contribution in [1.29, 1.82) is 0 Å². The molecule has 0 spiro atoms. The first-order valence-electron chi connectivity index (χ1n) is 9.99. The highest BCUT2D eigenvalue weighted by Gasteiger charge is 2.26. The molecule has 0 radical (unpaired) electrons. The predicted octanol–water partition coefficient (Wildman–Crippen LogP) is 3.80. The Morgan fingerprint density at radius 2 is 1.83 bits per heavy atom. The Morgan fingerprint density at radius 3 is 2.59 bits per heavy atom. The molecule has 1 aliphatic carbocycles. The SMILES string of the molecule is C[C@H](NC(=O)c1nc(-c2cc3ccccc3cn2)nc(O)c1O)C1CCCCC1. The third kappa shape index (κ3) is 3.99. The lowest BCUT2D eigenvalue weighted by Gasteiger charge is -2.28. The number of hydrogen-bond acceptors (Lipinski definition) is 6. The van der Waals surface area contributed by atoms with Gasteiger partial charge in [-0.05, 0) is 37.1 Å². The first-order chi connectivity index (χ1) is 14.0. The Balaban J connectivity index is 1.63. The van der Waals surface area contributed by atoms with Crippen molar-refractivity contribution in [2.75, 3.05) is 0 Å². The maximum atomic E-state index is 12.8. The zero-order valence-electron chi connectivity index (χ0n) is 16.3. The largest absolute Gasteiger partial charge is 0.501 e. The average molecular weight is 392 g/mol. The summed E-state index contributed by atoms with van der Waals surface area (Å²) in [5.41, 5.74) is 0.165. The van der Waals surface area contributed by atoms with Crippen molar-refractivity contribution in [2.45, 2.75) is 45.1 Å². The Labute approximate surface area is 168 Å². The molecule has 1 amide bonds. The quantitative estimate of drug-likeness (QED) is 0.623. The minimum atomic E-state index is -0.638. The van der Waals surface area contributed by atoms with Crippen LogP contribution >= 0.6 is 0 Å². The van der Waals surface area contributed by atoms with Crippen LogP contribution in [0, 0.1) is 5.92 Å². The van der Waals surface area contributed by atoms with Crippen molar-refractivity contribution in [2.24, 2.45) is 5.92 Å². The number of amides is 1. The van der Waals surface area contributed by atoms with Crippen molar-refractivity contribution >= 4 is 16.7 Å². The van der Waals surface area contributed by atoms with Crippen LogP contribution < -0.4 is 5.32 Å². The molecule has 7 nitrogen and oxygen atoms in total. The third-order valence-corrected chi connectivity index (χ3v) is 5.66. The van der Waals surface area contributed by atoms with Crippen molar-refractivity contribution in [1.82, 2.24) is 20.3 Å². The molecule has 2 heterocycles. The second kappa shape index (κ2) is 8.03. The summed E-state index contributed by atoms with van der Waals surface area (Å²) < 4.78 is 0. The molecule has 2 aromatic heterocycles. The third-order valence-electron chi connectivity index (χ3n) is 5.66. The maximum Gasteiger partial charge on any atom is 0.274 e. The summed E-state index contributed by atoms with van der Waals surface area (Å²) in [7, 11) is 0. The van der Waals surface area contributed by atoms with E-state index in [4.69, 9.17) is 0 Å². The Morgan fingerprint density at radius 1 is 1.10 bits per heavy atom. The van der Waals surface area contributed by atoms with Crippen molar-refractivity contribution in [3.8, 4) is 23.1 Å². The van der Waals surface area contributed by atoms with E-state index in [0.29, 0.717) is 11.6 Å². The molecule has 4 rings (SSSR count). The van der Waals surface area contributed by atoms with E-state index >= 15 is 0 Å². The fourth-order valence-electron chi connectivity index (χ4n) is 3.95. The van der Waals surface area contributed by atoms with Crippen LogP contribution in [0.4, 0.5) is 0 Å². The maximum absolute atomic E-state index is 12.8. The standard InChI is InChI=1S/C22H24N4O3/c1-13(14-7-3-2-4-8-14)24-21(28)18-19(27)22(29)26-20(25-18)17-11-15-9-5-6-10-16(15)12-23-17/h5-6,9-14,27H,2-4,7-8H2,1H3,(H,24,28)(H,25,26,29)/t13-/m0/s1. The lowest BCUT2D eigenvalue weighted by atomic mass is 9.84. The summed E-state index contributed by atoms with van der Waals surface area (Å²) in [4.78, 5) is 25.2. The molecule has 29 heavy (non-hydrogen) atoms. The zero-order chi connectivity index (χ0) is 20.4. The normalized spacial score (nSPS) is 15.9. The summed E-state index contributed by atoms with van der Waals surface area (Å²) in [6, 6.07) is 9.44. The molecule has 0 saturated heterocycles. The van der Waals surface area contributed by atoms with Gasteiger partial charge >= 0.3 is 0 Å². The topological polar surface area (TPSA) is 108 Å². The van der Waals surface area contributed by atoms with Gasteiger partial charge in [0.15, 0.2) is 11.5 Å². The van der Waals surface area contributed by atoms with Crippen LogP contribution in [0.3, 0.4) is 0 Å². The molecule has 1 atom stereocenters. The highest BCUT2D eigenvalue weighted by Crippen LogP contribution is 2.30. The van der Waals surface area contributed by atoms with Gasteiger partial charge in [0, 0.05) is 17.6 Å². The fourth-order valence-corrected chi connectivity index (χ4v) is 3.95. The van der Waals surface area contributed by atoms with Gasteiger partial charge in [0.25, 0.3) is 11.8 Å². The lowest BCUT2D eigenvalue weighted by molar-refractivity contribution is 0.0910. The lowest BCUT2D eigenvalue weighted by Crippen LogP contribution is -2.39. The number of carbonyl (C=O) groups is 1. The summed E-state index contributed by atoms with van der Waals surface area (Å²) in [5.74, 6) is -1.29. The molecule has 1 aromatic carbocycles. The van der Waals surface area contributed by atoms with Crippen LogP contribution in [0.15, 0.2) is 36.5 Å². The van der Waals surface area contributed by atoms with Crippen LogP contribution in [-0.2, 0) is 0 Å². The van der Waals surface area contributed by atoms with Crippen molar-refractivity contribution < 1.29 is 15.0 Å². The van der Waals surface area contributed by atoms with Crippen LogP contribution in [0.5, 0.6) is 11.6 Å². The molecule has 1 fully saturated rings. The minimum absolute atomic E-state index is 0.0402. The number of nitrogens with zero attached hydrogens (tertiary/aromatic N) is 3. The van der Waals surface area contributed by atoms with Gasteiger partial charge in [0.1, 0.15) is 5.69 Å². The number of carbonyl (C=O) groups excluding carboxylic acids is 1. The molecule has 3 N–H and O–H groups in total. The highest BCUT2D eigenvalue weighted by molar-refractivity contribution is 5.96. The Hall–Kier alpha value is -3.22. The summed E-state index contributed by atoms with van der Waals surface area (Å²) in [6.07, 6.45) is 7.41. The molecule has 1 aliphatic rings. The first kappa shape index (κ1) is 19.1. The molecular formula is C22H24N4O3. The van der Waals surface area contributed by atoms with E-state index in [1.54, 1.807) is 12.3 Å². The minimum Gasteiger partial charge on any atom is -0.501 e. The van der Waals surface area contributed by atoms with Gasteiger partial charge in [-0.1, -0.05) is 43.5 Å². The van der Waals surface area contributed by atoms with Gasteiger partial charge in [-0.25, -0.2) is 4.98 Å². The Kier molecular flexibility index (Phi) is 5.29. The summed E-state index contributed by atoms with van der Waals surface area (Å²) >= 11 is 0. The van der Waals surface area contributed by atoms with Crippen LogP contribution in [-0.4, -0.2) is 37.1 Å². The van der Waals surface area contributed by atoms with Crippen LogP contribution in [0.25, 0.3) is 22.3 Å². The second-order valence-corrected chi connectivity index (χ2v) is 7.64. The number of aromatic nitrogens is 3. The van der Waals surface area contributed by atoms with E-state index < -0.39 is 17.5 Å². The van der Waals surface area contributed by atoms with E-state index in [1.807, 2.05) is 31.2 Å². The molecule has 150 valence electrons. The number of benzene rings is 1. The number of fused-ring (bicyclic) bond motifs is 1. The predicted molar refractivity (Wildman–Crippen MR) is 110 cm³/mol. The van der Waals surface area contributed by atoms with E-state index in [2.05, 4.69) is 20.3 Å². The smallest absolute Gasteiger partial charge is 0.274 e. The van der Waals surface area contributed by atoms with Gasteiger partial charge in [-0.3, -0.25) is 9.78 Å². The van der Waals surface area contributed by atoms with Gasteiger partial charge in [0.2, 0.25) is 5.75 Å². The van der Waals surface area contributed by atoms with E-state index in [0.717, 1.165) is 23.6 Å². The van der Waals surface area contributed by atoms with Gasteiger partial charge < -0.3 is 15.5 Å². The number of nitrogens with one attached hydrogen (secondary N) is 1. The van der Waals surface area contributed by atoms with Crippen LogP contribution in [0.1, 0.15) is 49.5 Å². The second-order valence-electron chi connectivity index (χ2n) is 7.64. The van der Waals surface area contributed by atoms with E-state index in [1.165, 1.54) is 19.3 Å². The van der Waals surface area contributed by atoms with Gasteiger partial charge in [-0.2, -0.15) is 4.98 Å². The molecule has 0 aliphatic heterocycles. The van der Waals surface area contributed by atoms with Crippen molar-refractivity contribution in [3.63, 3.8) is 0 Å². The van der Waals surface area contributed by atoms with Gasteiger partial charge in [-0.15, -0.1) is 0 Å². The first-order valence-corrected chi connectivity index (χ1v) is 9.99. The molecular weight excluding hydrogens is 368 g/mol. The number of hydrogen-bond donors (Lipinski definition) is 3. The Bertz CT molecular complexity index is 1050. The zero-order valence-corrected chi connectivity index (χ0v) is 16.3. The summed E-state index contributed by atoms with van der Waals surface area (Å²) in [6.45, 7) is 1.97. The van der Waals surface area contributed by atoms with E-state index in [9.17, 15) is 15.0 Å². The van der Waals surface area contributed by atoms with Gasteiger partial charge in [0.05, 0.1) is 0 Å². The molecule has 3 aromatic rings. The number of pyridine rings is 1. The molecule has 0 bridgehead atoms. The summed E-state index contributed by atoms with van der Waals surface area (Å²) in [5, 5.41) is 25.1. The molecule has 0 unspecified atom stereocenters. The fraction of sp³-hybridized carbons (Fsp3) is 0.364. The average Bonchev–Trinajstić information content (AvgIpc) is 2.75. The number of rotatable bonds is 4. The highest BCUT2D eigenvalue weighted by atomic mass is 16.3. The molecule has 7 heteroatoms. The van der Waals surface area contributed by atoms with Crippen LogP contribution in [0.2, 0.25) is 0 Å².